The maximum absolute atomic E-state index is 12.6. The maximum Gasteiger partial charge on any atom is 0.290 e. The summed E-state index contributed by atoms with van der Waals surface area (Å²) in [5.41, 5.74) is 1.60. The third-order valence-corrected chi connectivity index (χ3v) is 4.24. The van der Waals surface area contributed by atoms with E-state index in [1.54, 1.807) is 43.6 Å². The van der Waals surface area contributed by atoms with E-state index in [9.17, 15) is 19.8 Å². The van der Waals surface area contributed by atoms with Gasteiger partial charge in [0.15, 0.2) is 11.5 Å². The normalized spacial score (nSPS) is 17.2. The third-order valence-electron chi connectivity index (χ3n) is 4.24. The number of hydrogen-bond donors (Lipinski definition) is 2. The highest BCUT2D eigenvalue weighted by Gasteiger charge is 2.42. The first-order chi connectivity index (χ1) is 12.0. The minimum absolute atomic E-state index is 0.0883. The van der Waals surface area contributed by atoms with Crippen LogP contribution in [0.25, 0.3) is 0 Å². The van der Waals surface area contributed by atoms with Crippen LogP contribution < -0.4 is 0 Å². The second-order valence-corrected chi connectivity index (χ2v) is 5.82. The molecule has 1 atom stereocenters. The molecule has 6 heteroatoms. The van der Waals surface area contributed by atoms with Crippen LogP contribution in [0.1, 0.15) is 30.5 Å². The Bertz CT molecular complexity index is 828. The lowest BCUT2D eigenvalue weighted by molar-refractivity contribution is -0.130. The third kappa shape index (κ3) is 3.10. The molecule has 1 aromatic heterocycles. The van der Waals surface area contributed by atoms with Crippen molar-refractivity contribution in [3.63, 3.8) is 0 Å². The predicted molar refractivity (Wildman–Crippen MR) is 90.6 cm³/mol. The zero-order chi connectivity index (χ0) is 18.0. The Morgan fingerprint density at radius 1 is 1.12 bits per heavy atom. The van der Waals surface area contributed by atoms with Gasteiger partial charge in [-0.05, 0) is 35.4 Å². The molecular formula is C19H18N2O4. The number of rotatable bonds is 5. The van der Waals surface area contributed by atoms with Crippen LogP contribution in [0.2, 0.25) is 0 Å². The number of aliphatic hydroxyl groups excluding tert-OH is 1. The fourth-order valence-electron chi connectivity index (χ4n) is 2.98. The minimum atomic E-state index is -0.686. The molecule has 2 aromatic rings. The van der Waals surface area contributed by atoms with Crippen LogP contribution in [-0.2, 0) is 16.1 Å². The topological polar surface area (TPSA) is 90.7 Å². The molecule has 25 heavy (non-hydrogen) atoms. The number of Topliss-reactive ketones (excluding diaryl/α,β-unsaturated/α-hetero) is 1. The van der Waals surface area contributed by atoms with Crippen LogP contribution in [0, 0.1) is 0 Å². The molecule has 1 aromatic carbocycles. The molecule has 2 heterocycles. The van der Waals surface area contributed by atoms with Gasteiger partial charge in [0.25, 0.3) is 5.91 Å². The number of aromatic hydroxyl groups is 1. The molecule has 1 amide bonds. The highest BCUT2D eigenvalue weighted by molar-refractivity contribution is 6.08. The lowest BCUT2D eigenvalue weighted by Gasteiger charge is -2.27. The molecule has 3 rings (SSSR count). The molecule has 1 aliphatic rings. The van der Waals surface area contributed by atoms with Gasteiger partial charge in [0.2, 0.25) is 0 Å². The second-order valence-electron chi connectivity index (χ2n) is 5.82. The summed E-state index contributed by atoms with van der Waals surface area (Å²) in [7, 11) is 0. The number of phenolic OH excluding ortho intramolecular Hbond substituents is 1. The fraction of sp³-hybridized carbons (Fsp3) is 0.211. The highest BCUT2D eigenvalue weighted by atomic mass is 16.3. The van der Waals surface area contributed by atoms with E-state index in [0.717, 1.165) is 5.56 Å². The van der Waals surface area contributed by atoms with E-state index in [0.29, 0.717) is 5.56 Å². The van der Waals surface area contributed by atoms with Gasteiger partial charge in [-0.1, -0.05) is 19.1 Å². The lowest BCUT2D eigenvalue weighted by atomic mass is 9.95. The molecule has 0 aliphatic carbocycles. The summed E-state index contributed by atoms with van der Waals surface area (Å²) < 4.78 is 0. The van der Waals surface area contributed by atoms with Crippen LogP contribution in [0.5, 0.6) is 5.75 Å². The van der Waals surface area contributed by atoms with Gasteiger partial charge < -0.3 is 15.1 Å². The minimum Gasteiger partial charge on any atom is -0.508 e. The Kier molecular flexibility index (Phi) is 4.52. The van der Waals surface area contributed by atoms with Crippen molar-refractivity contribution in [2.75, 3.05) is 0 Å². The van der Waals surface area contributed by atoms with E-state index < -0.39 is 17.7 Å². The quantitative estimate of drug-likeness (QED) is 0.874. The van der Waals surface area contributed by atoms with Crippen molar-refractivity contribution in [2.24, 2.45) is 0 Å². The lowest BCUT2D eigenvalue weighted by Crippen LogP contribution is -2.30. The number of carbonyl (C=O) groups excluding carboxylic acids is 2. The molecule has 0 spiro atoms. The summed E-state index contributed by atoms with van der Waals surface area (Å²) in [5, 5.41) is 19.8. The molecule has 0 bridgehead atoms. The number of carbonyl (C=O) groups is 2. The number of hydrogen-bond acceptors (Lipinski definition) is 5. The van der Waals surface area contributed by atoms with E-state index >= 15 is 0 Å². The van der Waals surface area contributed by atoms with E-state index in [2.05, 4.69) is 4.98 Å². The SMILES string of the molecule is CCC(=O)C1=C(O)C(=O)N(Cc2ccncc2)C1c1ccc(O)cc1. The molecule has 0 saturated carbocycles. The Morgan fingerprint density at radius 2 is 1.76 bits per heavy atom. The first-order valence-corrected chi connectivity index (χ1v) is 7.98. The smallest absolute Gasteiger partial charge is 0.290 e. The Balaban J connectivity index is 2.05. The van der Waals surface area contributed by atoms with Gasteiger partial charge in [-0.15, -0.1) is 0 Å². The summed E-state index contributed by atoms with van der Waals surface area (Å²) in [6.45, 7) is 1.92. The van der Waals surface area contributed by atoms with Crippen molar-refractivity contribution in [3.8, 4) is 5.75 Å². The van der Waals surface area contributed by atoms with Crippen LogP contribution in [-0.4, -0.2) is 31.8 Å². The molecule has 0 radical (unpaired) electrons. The summed E-state index contributed by atoms with van der Waals surface area (Å²) in [4.78, 5) is 30.4. The molecule has 0 saturated heterocycles. The van der Waals surface area contributed by atoms with Crippen LogP contribution in [0.15, 0.2) is 60.1 Å². The number of aromatic nitrogens is 1. The van der Waals surface area contributed by atoms with Gasteiger partial charge in [0.1, 0.15) is 5.75 Å². The number of phenols is 1. The number of pyridine rings is 1. The first kappa shape index (κ1) is 16.7. The monoisotopic (exact) mass is 338 g/mol. The molecule has 0 fully saturated rings. The Labute approximate surface area is 145 Å². The van der Waals surface area contributed by atoms with Gasteiger partial charge in [0.05, 0.1) is 11.6 Å². The first-order valence-electron chi connectivity index (χ1n) is 7.98. The zero-order valence-corrected chi connectivity index (χ0v) is 13.7. The maximum atomic E-state index is 12.6. The zero-order valence-electron chi connectivity index (χ0n) is 13.7. The molecule has 2 N–H and O–H groups in total. The fourth-order valence-corrected chi connectivity index (χ4v) is 2.98. The molecule has 128 valence electrons. The molecule has 1 unspecified atom stereocenters. The average molecular weight is 338 g/mol. The van der Waals surface area contributed by atoms with Crippen LogP contribution >= 0.6 is 0 Å². The summed E-state index contributed by atoms with van der Waals surface area (Å²) in [6, 6.07) is 9.15. The van der Waals surface area contributed by atoms with Crippen molar-refractivity contribution >= 4 is 11.7 Å². The average Bonchev–Trinajstić information content (AvgIpc) is 2.87. The number of ketones is 1. The summed E-state index contributed by atoms with van der Waals surface area (Å²) >= 11 is 0. The van der Waals surface area contributed by atoms with Gasteiger partial charge in [-0.2, -0.15) is 0 Å². The van der Waals surface area contributed by atoms with Gasteiger partial charge in [-0.25, -0.2) is 0 Å². The van der Waals surface area contributed by atoms with E-state index in [-0.39, 0.29) is 30.1 Å². The molecule has 6 nitrogen and oxygen atoms in total. The van der Waals surface area contributed by atoms with Crippen molar-refractivity contribution < 1.29 is 19.8 Å². The van der Waals surface area contributed by atoms with Gasteiger partial charge in [-0.3, -0.25) is 14.6 Å². The van der Waals surface area contributed by atoms with E-state index in [1.165, 1.54) is 17.0 Å². The highest BCUT2D eigenvalue weighted by Crippen LogP contribution is 2.39. The van der Waals surface area contributed by atoms with Crippen molar-refractivity contribution in [3.05, 3.63) is 71.3 Å². The summed E-state index contributed by atoms with van der Waals surface area (Å²) in [6.07, 6.45) is 3.43. The number of aliphatic hydroxyl groups is 1. The second kappa shape index (κ2) is 6.76. The predicted octanol–water partition coefficient (Wildman–Crippen LogP) is 2.66. The van der Waals surface area contributed by atoms with Crippen molar-refractivity contribution in [2.45, 2.75) is 25.9 Å². The van der Waals surface area contributed by atoms with Crippen LogP contribution in [0.4, 0.5) is 0 Å². The van der Waals surface area contributed by atoms with Gasteiger partial charge >= 0.3 is 0 Å². The number of benzene rings is 1. The molecular weight excluding hydrogens is 320 g/mol. The molecule has 1 aliphatic heterocycles. The standard InChI is InChI=1S/C19H18N2O4/c1-2-15(23)16-17(13-3-5-14(22)6-4-13)21(19(25)18(16)24)11-12-7-9-20-10-8-12/h3-10,17,22,24H,2,11H2,1H3. The van der Waals surface area contributed by atoms with E-state index in [4.69, 9.17) is 0 Å². The number of nitrogens with zero attached hydrogens (tertiary/aromatic N) is 2. The summed E-state index contributed by atoms with van der Waals surface area (Å²) in [5.74, 6) is -1.27. The largest absolute Gasteiger partial charge is 0.508 e. The van der Waals surface area contributed by atoms with Crippen LogP contribution in [0.3, 0.4) is 0 Å². The van der Waals surface area contributed by atoms with E-state index in [1.807, 2.05) is 0 Å². The Morgan fingerprint density at radius 3 is 2.36 bits per heavy atom. The van der Waals surface area contributed by atoms with Crippen molar-refractivity contribution in [1.29, 1.82) is 0 Å². The number of amides is 1. The van der Waals surface area contributed by atoms with Crippen molar-refractivity contribution in [1.82, 2.24) is 9.88 Å². The Hall–Kier alpha value is -3.15. The van der Waals surface area contributed by atoms with Gasteiger partial charge in [0, 0.05) is 25.4 Å².